The van der Waals surface area contributed by atoms with Crippen molar-refractivity contribution < 1.29 is 22.3 Å². The summed E-state index contributed by atoms with van der Waals surface area (Å²) < 4.78 is 45.5. The average molecular weight is 552 g/mol. The van der Waals surface area contributed by atoms with E-state index in [1.165, 1.54) is 30.3 Å². The zero-order valence-corrected chi connectivity index (χ0v) is 22.5. The van der Waals surface area contributed by atoms with E-state index in [9.17, 15) is 17.6 Å². The molecule has 1 fully saturated rings. The van der Waals surface area contributed by atoms with Crippen LogP contribution in [0.3, 0.4) is 0 Å². The Morgan fingerprint density at radius 1 is 1.08 bits per heavy atom. The first-order valence-corrected chi connectivity index (χ1v) is 14.1. The van der Waals surface area contributed by atoms with E-state index in [0.717, 1.165) is 31.0 Å². The third kappa shape index (κ3) is 5.95. The molecule has 0 atom stereocenters. The monoisotopic (exact) mass is 551 g/mol. The molecule has 0 radical (unpaired) electrons. The van der Waals surface area contributed by atoms with Crippen LogP contribution in [-0.4, -0.2) is 62.8 Å². The van der Waals surface area contributed by atoms with Crippen LogP contribution in [0.4, 0.5) is 15.9 Å². The highest BCUT2D eigenvalue weighted by Gasteiger charge is 2.22. The topological polar surface area (TPSA) is 116 Å². The molecule has 204 valence electrons. The summed E-state index contributed by atoms with van der Waals surface area (Å²) in [6.45, 7) is 2.05. The first-order valence-electron chi connectivity index (χ1n) is 12.6. The lowest BCUT2D eigenvalue weighted by Crippen LogP contribution is -2.29. The molecular weight excluding hydrogens is 521 g/mol. The van der Waals surface area contributed by atoms with Gasteiger partial charge in [0.25, 0.3) is 5.91 Å². The number of H-pyrrole nitrogens is 1. The van der Waals surface area contributed by atoms with Crippen molar-refractivity contribution in [3.05, 3.63) is 77.6 Å². The Labute approximate surface area is 226 Å². The van der Waals surface area contributed by atoms with Crippen molar-refractivity contribution in [3.63, 3.8) is 0 Å². The van der Waals surface area contributed by atoms with Gasteiger partial charge in [-0.1, -0.05) is 12.1 Å². The molecule has 1 aliphatic rings. The van der Waals surface area contributed by atoms with Crippen molar-refractivity contribution in [2.45, 2.75) is 35.2 Å². The highest BCUT2D eigenvalue weighted by Crippen LogP contribution is 2.29. The van der Waals surface area contributed by atoms with Crippen LogP contribution in [-0.2, 0) is 21.1 Å². The molecule has 3 N–H and O–H groups in total. The third-order valence-electron chi connectivity index (χ3n) is 6.59. The Hall–Kier alpha value is -3.80. The highest BCUT2D eigenvalue weighted by atomic mass is 32.2. The van der Waals surface area contributed by atoms with E-state index in [1.807, 2.05) is 26.2 Å². The molecule has 1 aliphatic heterocycles. The number of amides is 1. The van der Waals surface area contributed by atoms with Crippen LogP contribution in [0.5, 0.6) is 0 Å². The van der Waals surface area contributed by atoms with Gasteiger partial charge in [0.05, 0.1) is 20.9 Å². The lowest BCUT2D eigenvalue weighted by atomic mass is 10.0. The first-order chi connectivity index (χ1) is 18.7. The number of fused-ring (bicyclic) bond motifs is 1. The number of halogens is 1. The second-order valence-corrected chi connectivity index (χ2v) is 11.8. The normalized spacial score (nSPS) is 14.6. The standard InChI is InChI=1S/C28H30FN5O4S/c1-34(2)17-18-6-8-23(26(14-18)30-20-10-12-38-13-11-20)28(35)31-27-24-16-22(7-9-25(24)32-33-27)39(36,37)21-5-3-4-19(29)15-21/h3-9,14-16,20,30H,10-13,17H2,1-2H3,(H2,31,32,33,35). The SMILES string of the molecule is CN(C)Cc1ccc(C(=O)Nc2n[nH]c3ccc(S(=O)(=O)c4cccc(F)c4)cc23)c(NC2CCOCC2)c1. The van der Waals surface area contributed by atoms with E-state index in [4.69, 9.17) is 4.74 Å². The fourth-order valence-corrected chi connectivity index (χ4v) is 5.95. The van der Waals surface area contributed by atoms with Gasteiger partial charge in [0.1, 0.15) is 5.82 Å². The van der Waals surface area contributed by atoms with Gasteiger partial charge in [-0.3, -0.25) is 9.89 Å². The van der Waals surface area contributed by atoms with Gasteiger partial charge in [-0.2, -0.15) is 5.10 Å². The molecule has 9 nitrogen and oxygen atoms in total. The van der Waals surface area contributed by atoms with Crippen molar-refractivity contribution in [3.8, 4) is 0 Å². The second-order valence-electron chi connectivity index (χ2n) is 9.84. The van der Waals surface area contributed by atoms with Crippen molar-refractivity contribution in [1.82, 2.24) is 15.1 Å². The smallest absolute Gasteiger partial charge is 0.258 e. The summed E-state index contributed by atoms with van der Waals surface area (Å²) in [5.74, 6) is -0.830. The molecule has 0 bridgehead atoms. The predicted octanol–water partition coefficient (Wildman–Crippen LogP) is 4.44. The highest BCUT2D eigenvalue weighted by molar-refractivity contribution is 7.91. The molecule has 1 aromatic heterocycles. The minimum atomic E-state index is -3.98. The molecule has 0 unspecified atom stereocenters. The molecule has 0 aliphatic carbocycles. The molecule has 11 heteroatoms. The lowest BCUT2D eigenvalue weighted by molar-refractivity contribution is 0.0904. The minimum absolute atomic E-state index is 0.0348. The van der Waals surface area contributed by atoms with Gasteiger partial charge >= 0.3 is 0 Å². The quantitative estimate of drug-likeness (QED) is 0.297. The summed E-state index contributed by atoms with van der Waals surface area (Å²) in [4.78, 5) is 15.4. The van der Waals surface area contributed by atoms with Gasteiger partial charge in [0.2, 0.25) is 9.84 Å². The summed E-state index contributed by atoms with van der Waals surface area (Å²) in [7, 11) is -0.0172. The van der Waals surface area contributed by atoms with Gasteiger partial charge in [-0.05, 0) is 81.0 Å². The third-order valence-corrected chi connectivity index (χ3v) is 8.34. The van der Waals surface area contributed by atoms with E-state index in [-0.39, 0.29) is 27.6 Å². The molecule has 39 heavy (non-hydrogen) atoms. The summed E-state index contributed by atoms with van der Waals surface area (Å²) in [5.41, 5.74) is 2.77. The van der Waals surface area contributed by atoms with Gasteiger partial charge in [0.15, 0.2) is 5.82 Å². The van der Waals surface area contributed by atoms with Crippen LogP contribution in [0.25, 0.3) is 10.9 Å². The first kappa shape index (κ1) is 26.8. The van der Waals surface area contributed by atoms with Crippen LogP contribution >= 0.6 is 0 Å². The number of sulfone groups is 1. The molecule has 0 spiro atoms. The van der Waals surface area contributed by atoms with Crippen LogP contribution in [0.15, 0.2) is 70.5 Å². The number of benzene rings is 3. The molecule has 5 rings (SSSR count). The number of hydrogen-bond donors (Lipinski definition) is 3. The van der Waals surface area contributed by atoms with Gasteiger partial charge < -0.3 is 20.3 Å². The number of aromatic amines is 1. The zero-order chi connectivity index (χ0) is 27.6. The Bertz CT molecular complexity index is 1610. The summed E-state index contributed by atoms with van der Waals surface area (Å²) in [6, 6.07) is 15.1. The molecule has 3 aromatic carbocycles. The van der Waals surface area contributed by atoms with Crippen LogP contribution < -0.4 is 10.6 Å². The second kappa shape index (κ2) is 11.1. The molecule has 2 heterocycles. The molecule has 1 saturated heterocycles. The van der Waals surface area contributed by atoms with Crippen molar-refractivity contribution in [2.75, 3.05) is 37.9 Å². The molecule has 1 amide bonds. The van der Waals surface area contributed by atoms with E-state index in [2.05, 4.69) is 25.7 Å². The summed E-state index contributed by atoms with van der Waals surface area (Å²) >= 11 is 0. The fraction of sp³-hybridized carbons (Fsp3) is 0.286. The maximum Gasteiger partial charge on any atom is 0.258 e. The predicted molar refractivity (Wildman–Crippen MR) is 147 cm³/mol. The lowest BCUT2D eigenvalue weighted by Gasteiger charge is -2.25. The van der Waals surface area contributed by atoms with Crippen molar-refractivity contribution >= 4 is 38.2 Å². The molecule has 4 aromatic rings. The number of rotatable bonds is 8. The number of nitrogens with zero attached hydrogens (tertiary/aromatic N) is 2. The maximum absolute atomic E-state index is 13.7. The largest absolute Gasteiger partial charge is 0.381 e. The fourth-order valence-electron chi connectivity index (χ4n) is 4.63. The number of aromatic nitrogens is 2. The molecular formula is C28H30FN5O4S. The Morgan fingerprint density at radius 2 is 1.85 bits per heavy atom. The Balaban J connectivity index is 1.45. The Morgan fingerprint density at radius 3 is 2.59 bits per heavy atom. The van der Waals surface area contributed by atoms with E-state index in [1.54, 1.807) is 12.1 Å². The summed E-state index contributed by atoms with van der Waals surface area (Å²) in [5, 5.41) is 13.8. The zero-order valence-electron chi connectivity index (χ0n) is 21.7. The van der Waals surface area contributed by atoms with E-state index >= 15 is 0 Å². The number of anilines is 2. The number of carbonyl (C=O) groups excluding carboxylic acids is 1. The van der Waals surface area contributed by atoms with Crippen LogP contribution in [0, 0.1) is 5.82 Å². The van der Waals surface area contributed by atoms with Crippen LogP contribution in [0.2, 0.25) is 0 Å². The minimum Gasteiger partial charge on any atom is -0.381 e. The van der Waals surface area contributed by atoms with E-state index in [0.29, 0.717) is 35.4 Å². The van der Waals surface area contributed by atoms with Crippen LogP contribution in [0.1, 0.15) is 28.8 Å². The average Bonchev–Trinajstić information content (AvgIpc) is 3.31. The molecule has 0 saturated carbocycles. The van der Waals surface area contributed by atoms with E-state index < -0.39 is 15.7 Å². The Kier molecular flexibility index (Phi) is 7.65. The number of hydrogen-bond acceptors (Lipinski definition) is 7. The maximum atomic E-state index is 13.7. The number of nitrogens with one attached hydrogen (secondary N) is 3. The van der Waals surface area contributed by atoms with Gasteiger partial charge in [-0.25, -0.2) is 12.8 Å². The van der Waals surface area contributed by atoms with Gasteiger partial charge in [-0.15, -0.1) is 0 Å². The number of carbonyl (C=O) groups is 1. The van der Waals surface area contributed by atoms with Crippen molar-refractivity contribution in [1.29, 1.82) is 0 Å². The van der Waals surface area contributed by atoms with Crippen molar-refractivity contribution in [2.24, 2.45) is 0 Å². The number of ether oxygens (including phenoxy) is 1. The van der Waals surface area contributed by atoms with Gasteiger partial charge in [0, 0.05) is 36.9 Å². The summed E-state index contributed by atoms with van der Waals surface area (Å²) in [6.07, 6.45) is 1.68.